The number of rotatable bonds is 12. The number of nitrogens with one attached hydrogen (secondary N) is 2. The summed E-state index contributed by atoms with van der Waals surface area (Å²) in [5, 5.41) is 55.5. The Morgan fingerprint density at radius 3 is 1.96 bits per heavy atom. The molecule has 1 saturated carbocycles. The molecule has 2 saturated heterocycles. The van der Waals surface area contributed by atoms with Crippen LogP contribution in [0.5, 0.6) is 5.75 Å². The van der Waals surface area contributed by atoms with Crippen LogP contribution in [0.1, 0.15) is 50.5 Å². The van der Waals surface area contributed by atoms with Crippen LogP contribution in [0.2, 0.25) is 0 Å². The lowest BCUT2D eigenvalue weighted by atomic mass is 9.81. The fraction of sp³-hybridized carbons (Fsp3) is 0.417. The first kappa shape index (κ1) is 45.7. The van der Waals surface area contributed by atoms with Crippen LogP contribution in [-0.2, 0) is 43.0 Å². The molecule has 8 N–H and O–H groups in total. The van der Waals surface area contributed by atoms with E-state index in [0.717, 1.165) is 49.6 Å². The highest BCUT2D eigenvalue weighted by atomic mass is 32.2. The molecule has 0 radical (unpaired) electrons. The van der Waals surface area contributed by atoms with Crippen LogP contribution in [0.25, 0.3) is 0 Å². The second-order valence-electron chi connectivity index (χ2n) is 11.8. The van der Waals surface area contributed by atoms with E-state index in [4.69, 9.17) is 44.8 Å². The SMILES string of the molecule is CCOc1ccc(NC(=O)/C=C\C(=O)O)cc1.O=C(O)C(C(=O)O)c1ccccc1.O=C(O)C1CSC(C(=O)O)N1.O=C(O)CC1CCCCC12OCCO2. The van der Waals surface area contributed by atoms with E-state index in [2.05, 4.69) is 10.6 Å². The number of hydrogen-bond donors (Lipinski definition) is 8. The number of carbonyl (C=O) groups excluding carboxylic acids is 1. The molecule has 2 heterocycles. The number of carbonyl (C=O) groups is 7. The number of amides is 1. The van der Waals surface area contributed by atoms with Crippen LogP contribution in [0.15, 0.2) is 66.7 Å². The molecule has 2 aromatic carbocycles. The Morgan fingerprint density at radius 1 is 0.873 bits per heavy atom. The first-order valence-electron chi connectivity index (χ1n) is 16.9. The molecule has 0 aromatic heterocycles. The molecular formula is C36H44N2O16S. The lowest BCUT2D eigenvalue weighted by Gasteiger charge is -2.38. The number of carboxylic acid groups (broad SMARTS) is 6. The maximum atomic E-state index is 11.2. The van der Waals surface area contributed by atoms with Crippen molar-refractivity contribution in [2.45, 2.75) is 62.1 Å². The van der Waals surface area contributed by atoms with Gasteiger partial charge in [-0.2, -0.15) is 0 Å². The lowest BCUT2D eigenvalue weighted by molar-refractivity contribution is -0.215. The zero-order valence-electron chi connectivity index (χ0n) is 29.7. The molecule has 18 nitrogen and oxygen atoms in total. The van der Waals surface area contributed by atoms with Gasteiger partial charge in [-0.25, -0.2) is 9.59 Å². The van der Waals surface area contributed by atoms with E-state index < -0.39 is 64.8 Å². The maximum absolute atomic E-state index is 11.2. The number of carboxylic acids is 6. The molecule has 1 aliphatic carbocycles. The first-order valence-corrected chi connectivity index (χ1v) is 17.9. The van der Waals surface area contributed by atoms with Crippen LogP contribution < -0.4 is 15.4 Å². The molecule has 1 amide bonds. The zero-order chi connectivity index (χ0) is 41.0. The summed E-state index contributed by atoms with van der Waals surface area (Å²) in [6.45, 7) is 3.67. The Labute approximate surface area is 319 Å². The van der Waals surface area contributed by atoms with E-state index in [1.54, 1.807) is 42.5 Å². The van der Waals surface area contributed by atoms with Gasteiger partial charge in [0.1, 0.15) is 11.8 Å². The Bertz CT molecular complexity index is 1600. The Hall–Kier alpha value is -5.50. The monoisotopic (exact) mass is 792 g/mol. The smallest absolute Gasteiger partial charge is 0.331 e. The molecule has 2 aromatic rings. The third-order valence-corrected chi connectivity index (χ3v) is 9.09. The van der Waals surface area contributed by atoms with Crippen molar-refractivity contribution in [3.63, 3.8) is 0 Å². The molecule has 3 unspecified atom stereocenters. The van der Waals surface area contributed by atoms with E-state index in [0.29, 0.717) is 37.0 Å². The number of thioether (sulfide) groups is 1. The highest BCUT2D eigenvalue weighted by molar-refractivity contribution is 8.00. The van der Waals surface area contributed by atoms with Gasteiger partial charge in [0.05, 0.1) is 26.2 Å². The fourth-order valence-electron chi connectivity index (χ4n) is 5.43. The Balaban J connectivity index is 0.000000256. The third-order valence-electron chi connectivity index (χ3n) is 7.89. The van der Waals surface area contributed by atoms with Gasteiger partial charge in [-0.15, -0.1) is 11.8 Å². The van der Waals surface area contributed by atoms with Gasteiger partial charge in [-0.3, -0.25) is 29.3 Å². The number of benzene rings is 2. The van der Waals surface area contributed by atoms with E-state index in [9.17, 15) is 33.6 Å². The van der Waals surface area contributed by atoms with Crippen LogP contribution >= 0.6 is 11.8 Å². The van der Waals surface area contributed by atoms with Crippen molar-refractivity contribution >= 4 is 59.2 Å². The summed E-state index contributed by atoms with van der Waals surface area (Å²) in [5.74, 6) is -8.08. The van der Waals surface area contributed by atoms with E-state index in [-0.39, 0.29) is 17.9 Å². The van der Waals surface area contributed by atoms with Gasteiger partial charge >= 0.3 is 35.8 Å². The fourth-order valence-corrected chi connectivity index (χ4v) is 6.46. The van der Waals surface area contributed by atoms with Gasteiger partial charge < -0.3 is 50.2 Å². The van der Waals surface area contributed by atoms with Gasteiger partial charge in [-0.05, 0) is 49.6 Å². The molecule has 3 aliphatic rings. The van der Waals surface area contributed by atoms with E-state index in [1.807, 2.05) is 6.92 Å². The standard InChI is InChI=1S/C12H13NO4.C10H16O4.C9H8O4.C5H7NO4S/c1-2-17-10-5-3-9(4-6-10)13-11(14)7-8-12(15)16;11-9(12)7-8-3-1-2-4-10(8)13-5-6-14-10;10-8(11)7(9(12)13)6-4-2-1-3-5-6;7-4(8)2-1-11-3(6-2)5(9)10/h3-8H,2H2,1H3,(H,13,14)(H,15,16);8H,1-7H2,(H,11,12);1-5,7H,(H,10,11)(H,12,13);2-3,6H,1H2,(H,7,8)(H,9,10)/b8-7-;;;. The summed E-state index contributed by atoms with van der Waals surface area (Å²) in [6, 6.07) is 13.9. The van der Waals surface area contributed by atoms with Crippen LogP contribution in [0.3, 0.4) is 0 Å². The molecule has 5 rings (SSSR count). The van der Waals surface area contributed by atoms with Crippen molar-refractivity contribution in [2.75, 3.05) is 30.9 Å². The van der Waals surface area contributed by atoms with Crippen molar-refractivity contribution < 1.29 is 78.4 Å². The summed E-state index contributed by atoms with van der Waals surface area (Å²) in [7, 11) is 0. The predicted molar refractivity (Wildman–Crippen MR) is 195 cm³/mol. The largest absolute Gasteiger partial charge is 0.494 e. The average Bonchev–Trinajstić information content (AvgIpc) is 3.82. The van der Waals surface area contributed by atoms with Crippen molar-refractivity contribution in [2.24, 2.45) is 5.92 Å². The van der Waals surface area contributed by atoms with Gasteiger partial charge in [0, 0.05) is 35.9 Å². The third kappa shape index (κ3) is 16.2. The first-order chi connectivity index (χ1) is 26.1. The molecule has 55 heavy (non-hydrogen) atoms. The van der Waals surface area contributed by atoms with Gasteiger partial charge in [0.25, 0.3) is 0 Å². The van der Waals surface area contributed by atoms with Crippen molar-refractivity contribution in [1.82, 2.24) is 5.32 Å². The summed E-state index contributed by atoms with van der Waals surface area (Å²) in [6.07, 6.45) is 5.84. The molecule has 2 aliphatic heterocycles. The highest BCUT2D eigenvalue weighted by Gasteiger charge is 2.46. The molecule has 19 heteroatoms. The van der Waals surface area contributed by atoms with Gasteiger partial charge in [-0.1, -0.05) is 36.8 Å². The van der Waals surface area contributed by atoms with Gasteiger partial charge in [0.15, 0.2) is 17.1 Å². The van der Waals surface area contributed by atoms with Gasteiger partial charge in [0.2, 0.25) is 5.91 Å². The Morgan fingerprint density at radius 2 is 1.49 bits per heavy atom. The number of ether oxygens (including phenoxy) is 3. The molecule has 3 atom stereocenters. The second-order valence-corrected chi connectivity index (χ2v) is 12.9. The number of hydrogen-bond acceptors (Lipinski definition) is 12. The minimum Gasteiger partial charge on any atom is -0.494 e. The van der Waals surface area contributed by atoms with Crippen molar-refractivity contribution in [3.05, 3.63) is 72.3 Å². The summed E-state index contributed by atoms with van der Waals surface area (Å²) >= 11 is 1.10. The predicted octanol–water partition coefficient (Wildman–Crippen LogP) is 3.19. The minimum absolute atomic E-state index is 0.0382. The Kier molecular flexibility index (Phi) is 19.4. The van der Waals surface area contributed by atoms with E-state index in [1.165, 1.54) is 12.1 Å². The quantitative estimate of drug-likeness (QED) is 0.113. The zero-order valence-corrected chi connectivity index (χ0v) is 30.5. The van der Waals surface area contributed by atoms with Crippen molar-refractivity contribution in [3.8, 4) is 5.75 Å². The average molecular weight is 793 g/mol. The maximum Gasteiger partial charge on any atom is 0.331 e. The van der Waals surface area contributed by atoms with Crippen LogP contribution in [0, 0.1) is 5.92 Å². The number of anilines is 1. The molecule has 300 valence electrons. The summed E-state index contributed by atoms with van der Waals surface area (Å²) in [5.41, 5.74) is 0.857. The molecule has 3 fully saturated rings. The second kappa shape index (κ2) is 23.3. The van der Waals surface area contributed by atoms with E-state index >= 15 is 0 Å². The summed E-state index contributed by atoms with van der Waals surface area (Å²) in [4.78, 5) is 73.8. The topological polar surface area (TPSA) is 293 Å². The minimum atomic E-state index is -1.47. The highest BCUT2D eigenvalue weighted by Crippen LogP contribution is 2.42. The van der Waals surface area contributed by atoms with Crippen LogP contribution in [-0.4, -0.2) is 115 Å². The molecular weight excluding hydrogens is 748 g/mol. The molecule has 1 spiro atoms. The normalized spacial score (nSPS) is 19.3. The lowest BCUT2D eigenvalue weighted by Crippen LogP contribution is -2.42. The molecule has 0 bridgehead atoms. The van der Waals surface area contributed by atoms with Crippen LogP contribution in [0.4, 0.5) is 5.69 Å². The number of aliphatic carboxylic acids is 6. The van der Waals surface area contributed by atoms with Crippen molar-refractivity contribution in [1.29, 1.82) is 0 Å². The summed E-state index contributed by atoms with van der Waals surface area (Å²) < 4.78 is 16.5.